The highest BCUT2D eigenvalue weighted by atomic mass is 79.9. The summed E-state index contributed by atoms with van der Waals surface area (Å²) in [6.07, 6.45) is 3.46. The number of hydrogen-bond acceptors (Lipinski definition) is 5. The first kappa shape index (κ1) is 20.5. The number of amides is 1. The summed E-state index contributed by atoms with van der Waals surface area (Å²) in [7, 11) is 0. The average molecular weight is 460 g/mol. The average Bonchev–Trinajstić information content (AvgIpc) is 3.11. The van der Waals surface area contributed by atoms with Crippen molar-refractivity contribution in [2.45, 2.75) is 38.4 Å². The maximum absolute atomic E-state index is 12.5. The van der Waals surface area contributed by atoms with E-state index in [1.807, 2.05) is 41.8 Å². The van der Waals surface area contributed by atoms with Crippen molar-refractivity contribution < 1.29 is 4.79 Å². The number of carbonyl (C=O) groups is 1. The van der Waals surface area contributed by atoms with Crippen LogP contribution in [0.5, 0.6) is 0 Å². The number of halogens is 1. The van der Waals surface area contributed by atoms with Gasteiger partial charge in [0.15, 0.2) is 11.0 Å². The molecule has 3 aromatic rings. The molecule has 28 heavy (non-hydrogen) atoms. The first-order valence-corrected chi connectivity index (χ1v) is 10.8. The van der Waals surface area contributed by atoms with E-state index in [0.717, 1.165) is 38.8 Å². The highest BCUT2D eigenvalue weighted by molar-refractivity contribution is 9.10. The molecule has 2 heterocycles. The molecule has 0 spiro atoms. The van der Waals surface area contributed by atoms with E-state index in [9.17, 15) is 4.79 Å². The number of rotatable bonds is 7. The highest BCUT2D eigenvalue weighted by Gasteiger charge is 2.15. The minimum Gasteiger partial charge on any atom is -0.325 e. The van der Waals surface area contributed by atoms with Crippen LogP contribution in [0.25, 0.3) is 11.4 Å². The summed E-state index contributed by atoms with van der Waals surface area (Å²) in [5.41, 5.74) is 2.90. The summed E-state index contributed by atoms with van der Waals surface area (Å²) in [6.45, 7) is 6.97. The minimum absolute atomic E-state index is 0.0645. The predicted octanol–water partition coefficient (Wildman–Crippen LogP) is 4.98. The molecule has 1 aromatic carbocycles. The van der Waals surface area contributed by atoms with Gasteiger partial charge in [-0.25, -0.2) is 0 Å². The molecular weight excluding hydrogens is 438 g/mol. The lowest BCUT2D eigenvalue weighted by atomic mass is 10.0. The number of thioether (sulfide) groups is 1. The first-order chi connectivity index (χ1) is 13.5. The van der Waals surface area contributed by atoms with Crippen molar-refractivity contribution in [2.24, 2.45) is 0 Å². The predicted molar refractivity (Wildman–Crippen MR) is 117 cm³/mol. The smallest absolute Gasteiger partial charge is 0.234 e. The van der Waals surface area contributed by atoms with E-state index in [2.05, 4.69) is 50.3 Å². The van der Waals surface area contributed by atoms with Crippen molar-refractivity contribution >= 4 is 39.3 Å². The molecule has 1 amide bonds. The largest absolute Gasteiger partial charge is 0.325 e. The second-order valence-corrected chi connectivity index (χ2v) is 8.37. The topological polar surface area (TPSA) is 72.7 Å². The Bertz CT molecular complexity index is 958. The fraction of sp³-hybridized carbons (Fsp3) is 0.300. The van der Waals surface area contributed by atoms with Gasteiger partial charge in [-0.1, -0.05) is 41.5 Å². The van der Waals surface area contributed by atoms with Crippen LogP contribution in [-0.2, 0) is 11.3 Å². The SMILES string of the molecule is CCn1c(SCC(=O)Nc2ccc(Br)cc2C(C)C)nnc1-c1ccncc1. The molecule has 0 aliphatic carbocycles. The number of anilines is 1. The number of nitrogens with zero attached hydrogens (tertiary/aromatic N) is 4. The molecule has 0 radical (unpaired) electrons. The van der Waals surface area contributed by atoms with Gasteiger partial charge in [-0.3, -0.25) is 9.78 Å². The number of carbonyl (C=O) groups excluding carboxylic acids is 1. The number of pyridine rings is 1. The maximum Gasteiger partial charge on any atom is 0.234 e. The van der Waals surface area contributed by atoms with Crippen molar-refractivity contribution in [2.75, 3.05) is 11.1 Å². The van der Waals surface area contributed by atoms with E-state index < -0.39 is 0 Å². The van der Waals surface area contributed by atoms with Crippen LogP contribution in [0.2, 0.25) is 0 Å². The summed E-state index contributed by atoms with van der Waals surface area (Å²) in [5, 5.41) is 12.3. The zero-order valence-electron chi connectivity index (χ0n) is 16.0. The Labute approximate surface area is 177 Å². The molecule has 6 nitrogen and oxygen atoms in total. The summed E-state index contributed by atoms with van der Waals surface area (Å²) in [6, 6.07) is 9.71. The second kappa shape index (κ2) is 9.34. The Morgan fingerprint density at radius 3 is 2.64 bits per heavy atom. The summed E-state index contributed by atoms with van der Waals surface area (Å²) in [4.78, 5) is 16.6. The van der Waals surface area contributed by atoms with Gasteiger partial charge in [0.2, 0.25) is 5.91 Å². The van der Waals surface area contributed by atoms with Gasteiger partial charge >= 0.3 is 0 Å². The molecule has 146 valence electrons. The fourth-order valence-corrected chi connectivity index (χ4v) is 4.02. The Morgan fingerprint density at radius 2 is 1.96 bits per heavy atom. The molecule has 1 N–H and O–H groups in total. The number of benzene rings is 1. The zero-order chi connectivity index (χ0) is 20.1. The Morgan fingerprint density at radius 1 is 1.21 bits per heavy atom. The van der Waals surface area contributed by atoms with E-state index >= 15 is 0 Å². The van der Waals surface area contributed by atoms with Crippen molar-refractivity contribution in [3.05, 3.63) is 52.8 Å². The summed E-state index contributed by atoms with van der Waals surface area (Å²) in [5.74, 6) is 1.29. The third-order valence-corrected chi connectivity index (χ3v) is 5.67. The third kappa shape index (κ3) is 4.80. The number of hydrogen-bond donors (Lipinski definition) is 1. The zero-order valence-corrected chi connectivity index (χ0v) is 18.4. The van der Waals surface area contributed by atoms with E-state index in [-0.39, 0.29) is 11.7 Å². The first-order valence-electron chi connectivity index (χ1n) is 9.05. The molecule has 2 aromatic heterocycles. The fourth-order valence-electron chi connectivity index (χ4n) is 2.84. The van der Waals surface area contributed by atoms with E-state index in [1.54, 1.807) is 12.4 Å². The van der Waals surface area contributed by atoms with Gasteiger partial charge in [0, 0.05) is 34.7 Å². The molecule has 3 rings (SSSR count). The lowest BCUT2D eigenvalue weighted by Crippen LogP contribution is -2.16. The van der Waals surface area contributed by atoms with Gasteiger partial charge in [-0.05, 0) is 48.7 Å². The Balaban J connectivity index is 1.70. The maximum atomic E-state index is 12.5. The van der Waals surface area contributed by atoms with Crippen molar-refractivity contribution in [1.29, 1.82) is 0 Å². The standard InChI is InChI=1S/C20H22BrN5OS/c1-4-26-19(14-7-9-22-10-8-14)24-25-20(26)28-12-18(27)23-17-6-5-15(21)11-16(17)13(2)3/h5-11,13H,4,12H2,1-3H3,(H,23,27). The highest BCUT2D eigenvalue weighted by Crippen LogP contribution is 2.28. The lowest BCUT2D eigenvalue weighted by Gasteiger charge is -2.14. The van der Waals surface area contributed by atoms with Crippen molar-refractivity contribution in [3.63, 3.8) is 0 Å². The van der Waals surface area contributed by atoms with Crippen LogP contribution in [-0.4, -0.2) is 31.4 Å². The molecule has 0 fully saturated rings. The number of nitrogens with one attached hydrogen (secondary N) is 1. The van der Waals surface area contributed by atoms with Crippen LogP contribution in [0.15, 0.2) is 52.4 Å². The van der Waals surface area contributed by atoms with Gasteiger partial charge in [0.1, 0.15) is 0 Å². The van der Waals surface area contributed by atoms with Gasteiger partial charge in [0.25, 0.3) is 0 Å². The molecule has 0 saturated carbocycles. The van der Waals surface area contributed by atoms with Gasteiger partial charge < -0.3 is 9.88 Å². The molecule has 0 aliphatic heterocycles. The molecule has 0 bridgehead atoms. The minimum atomic E-state index is -0.0645. The second-order valence-electron chi connectivity index (χ2n) is 6.51. The lowest BCUT2D eigenvalue weighted by molar-refractivity contribution is -0.113. The van der Waals surface area contributed by atoms with Gasteiger partial charge in [-0.2, -0.15) is 0 Å². The van der Waals surface area contributed by atoms with Gasteiger partial charge in [0.05, 0.1) is 5.75 Å². The van der Waals surface area contributed by atoms with Crippen LogP contribution in [0.4, 0.5) is 5.69 Å². The van der Waals surface area contributed by atoms with Crippen LogP contribution in [0, 0.1) is 0 Å². The van der Waals surface area contributed by atoms with E-state index in [1.165, 1.54) is 11.8 Å². The molecular formula is C20H22BrN5OS. The Hall–Kier alpha value is -2.19. The Kier molecular flexibility index (Phi) is 6.85. The summed E-state index contributed by atoms with van der Waals surface area (Å²) < 4.78 is 3.01. The third-order valence-electron chi connectivity index (χ3n) is 4.21. The normalized spacial score (nSPS) is 11.0. The quantitative estimate of drug-likeness (QED) is 0.504. The molecule has 0 aliphatic rings. The van der Waals surface area contributed by atoms with Crippen molar-refractivity contribution in [3.8, 4) is 11.4 Å². The molecule has 8 heteroatoms. The molecule has 0 saturated heterocycles. The monoisotopic (exact) mass is 459 g/mol. The van der Waals surface area contributed by atoms with Crippen LogP contribution in [0.3, 0.4) is 0 Å². The van der Waals surface area contributed by atoms with Gasteiger partial charge in [-0.15, -0.1) is 10.2 Å². The molecule has 0 unspecified atom stereocenters. The molecule has 0 atom stereocenters. The van der Waals surface area contributed by atoms with E-state index in [4.69, 9.17) is 0 Å². The van der Waals surface area contributed by atoms with Crippen molar-refractivity contribution in [1.82, 2.24) is 19.7 Å². The van der Waals surface area contributed by atoms with E-state index in [0.29, 0.717) is 5.92 Å². The summed E-state index contributed by atoms with van der Waals surface area (Å²) >= 11 is 4.88. The number of aromatic nitrogens is 4. The van der Waals surface area contributed by atoms with Crippen LogP contribution < -0.4 is 5.32 Å². The van der Waals surface area contributed by atoms with Crippen LogP contribution >= 0.6 is 27.7 Å². The van der Waals surface area contributed by atoms with Crippen LogP contribution in [0.1, 0.15) is 32.3 Å².